The van der Waals surface area contributed by atoms with Gasteiger partial charge < -0.3 is 4.90 Å². The normalized spacial score (nSPS) is 12.8. The summed E-state index contributed by atoms with van der Waals surface area (Å²) in [6.07, 6.45) is 4.36. The van der Waals surface area contributed by atoms with E-state index in [1.165, 1.54) is 12.1 Å². The number of fused-ring (bicyclic) bond motifs is 1. The standard InChI is InChI=1S/C24H19FN4O/c1-28-23(15-21(27-28)17-2-5-20(25)6-3-17)24(30)29-13-10-19-14-18(4-7-22(19)29)16-8-11-26-12-9-16/h2-9,11-12,14-15H,10,13H2,1H3. The van der Waals surface area contributed by atoms with Crippen LogP contribution >= 0.6 is 0 Å². The Balaban J connectivity index is 1.44. The molecule has 0 bridgehead atoms. The Morgan fingerprint density at radius 1 is 0.933 bits per heavy atom. The maximum atomic E-state index is 13.3. The number of nitrogens with zero attached hydrogens (tertiary/aromatic N) is 4. The van der Waals surface area contributed by atoms with Gasteiger partial charge in [0.05, 0.1) is 5.69 Å². The first kappa shape index (κ1) is 18.2. The van der Waals surface area contributed by atoms with Crippen LogP contribution in [0.5, 0.6) is 0 Å². The van der Waals surface area contributed by atoms with Gasteiger partial charge in [-0.3, -0.25) is 14.5 Å². The summed E-state index contributed by atoms with van der Waals surface area (Å²) in [5, 5.41) is 4.45. The minimum absolute atomic E-state index is 0.0891. The van der Waals surface area contributed by atoms with Gasteiger partial charge in [0.15, 0.2) is 0 Å². The monoisotopic (exact) mass is 398 g/mol. The molecule has 0 unspecified atom stereocenters. The molecule has 2 aromatic heterocycles. The molecule has 0 N–H and O–H groups in total. The molecule has 1 aliphatic rings. The van der Waals surface area contributed by atoms with E-state index in [-0.39, 0.29) is 11.7 Å². The highest BCUT2D eigenvalue weighted by molar-refractivity contribution is 6.07. The third-order valence-corrected chi connectivity index (χ3v) is 5.47. The van der Waals surface area contributed by atoms with E-state index < -0.39 is 0 Å². The first-order valence-corrected chi connectivity index (χ1v) is 9.75. The van der Waals surface area contributed by atoms with Crippen molar-refractivity contribution in [1.29, 1.82) is 0 Å². The molecule has 0 fully saturated rings. The van der Waals surface area contributed by atoms with Crippen LogP contribution < -0.4 is 4.90 Å². The van der Waals surface area contributed by atoms with Crippen molar-refractivity contribution in [3.63, 3.8) is 0 Å². The zero-order chi connectivity index (χ0) is 20.7. The van der Waals surface area contributed by atoms with E-state index in [4.69, 9.17) is 0 Å². The first-order valence-electron chi connectivity index (χ1n) is 9.75. The number of aryl methyl sites for hydroxylation is 1. The fraction of sp³-hybridized carbons (Fsp3) is 0.125. The van der Waals surface area contributed by atoms with Gasteiger partial charge in [-0.2, -0.15) is 5.10 Å². The van der Waals surface area contributed by atoms with Crippen molar-refractivity contribution in [2.24, 2.45) is 7.05 Å². The molecule has 6 heteroatoms. The van der Waals surface area contributed by atoms with E-state index in [1.54, 1.807) is 47.2 Å². The summed E-state index contributed by atoms with van der Waals surface area (Å²) in [6.45, 7) is 0.630. The summed E-state index contributed by atoms with van der Waals surface area (Å²) in [6, 6.07) is 18.0. The summed E-state index contributed by atoms with van der Waals surface area (Å²) in [4.78, 5) is 19.2. The van der Waals surface area contributed by atoms with Crippen LogP contribution in [0.3, 0.4) is 0 Å². The minimum atomic E-state index is -0.300. The molecule has 5 nitrogen and oxygen atoms in total. The number of anilines is 1. The predicted octanol–water partition coefficient (Wildman–Crippen LogP) is 4.49. The molecule has 0 radical (unpaired) electrons. The highest BCUT2D eigenvalue weighted by Crippen LogP contribution is 2.33. The molecule has 0 aliphatic carbocycles. The van der Waals surface area contributed by atoms with Crippen LogP contribution in [-0.4, -0.2) is 27.2 Å². The number of rotatable bonds is 3. The molecule has 5 rings (SSSR count). The first-order chi connectivity index (χ1) is 14.6. The van der Waals surface area contributed by atoms with Crippen LogP contribution in [0.4, 0.5) is 10.1 Å². The fourth-order valence-corrected chi connectivity index (χ4v) is 3.90. The second-order valence-electron chi connectivity index (χ2n) is 7.33. The smallest absolute Gasteiger partial charge is 0.276 e. The van der Waals surface area contributed by atoms with Gasteiger partial charge in [-0.15, -0.1) is 0 Å². The van der Waals surface area contributed by atoms with Crippen molar-refractivity contribution >= 4 is 11.6 Å². The Hall–Kier alpha value is -3.80. The summed E-state index contributed by atoms with van der Waals surface area (Å²) in [5.74, 6) is -0.389. The quantitative estimate of drug-likeness (QED) is 0.511. The second kappa shape index (κ2) is 7.22. The van der Waals surface area contributed by atoms with E-state index in [2.05, 4.69) is 16.1 Å². The van der Waals surface area contributed by atoms with Gasteiger partial charge in [0, 0.05) is 37.2 Å². The fourth-order valence-electron chi connectivity index (χ4n) is 3.90. The molecular weight excluding hydrogens is 379 g/mol. The van der Waals surface area contributed by atoms with Gasteiger partial charge in [0.1, 0.15) is 11.5 Å². The van der Waals surface area contributed by atoms with E-state index in [0.29, 0.717) is 17.9 Å². The molecule has 1 aliphatic heterocycles. The van der Waals surface area contributed by atoms with Crippen LogP contribution in [0, 0.1) is 5.82 Å². The minimum Gasteiger partial charge on any atom is -0.306 e. The lowest BCUT2D eigenvalue weighted by Crippen LogP contribution is -2.30. The highest BCUT2D eigenvalue weighted by atomic mass is 19.1. The average molecular weight is 398 g/mol. The van der Waals surface area contributed by atoms with Crippen molar-refractivity contribution in [2.45, 2.75) is 6.42 Å². The van der Waals surface area contributed by atoms with Crippen LogP contribution in [0.15, 0.2) is 73.1 Å². The van der Waals surface area contributed by atoms with Gasteiger partial charge in [-0.1, -0.05) is 6.07 Å². The van der Waals surface area contributed by atoms with Crippen LogP contribution in [0.2, 0.25) is 0 Å². The lowest BCUT2D eigenvalue weighted by molar-refractivity contribution is 0.0980. The zero-order valence-electron chi connectivity index (χ0n) is 16.4. The van der Waals surface area contributed by atoms with Gasteiger partial charge in [0.25, 0.3) is 5.91 Å². The van der Waals surface area contributed by atoms with E-state index in [1.807, 2.05) is 24.3 Å². The van der Waals surface area contributed by atoms with E-state index in [9.17, 15) is 9.18 Å². The van der Waals surface area contributed by atoms with Crippen molar-refractivity contribution < 1.29 is 9.18 Å². The van der Waals surface area contributed by atoms with Crippen LogP contribution in [0.25, 0.3) is 22.4 Å². The topological polar surface area (TPSA) is 51.0 Å². The SMILES string of the molecule is Cn1nc(-c2ccc(F)cc2)cc1C(=O)N1CCc2cc(-c3ccncc3)ccc21. The number of pyridine rings is 1. The predicted molar refractivity (Wildman–Crippen MR) is 114 cm³/mol. The Morgan fingerprint density at radius 3 is 2.43 bits per heavy atom. The number of aromatic nitrogens is 3. The second-order valence-corrected chi connectivity index (χ2v) is 7.33. The Bertz CT molecular complexity index is 1230. The third kappa shape index (κ3) is 3.16. The highest BCUT2D eigenvalue weighted by Gasteiger charge is 2.28. The molecule has 0 atom stereocenters. The Labute approximate surface area is 173 Å². The molecule has 0 saturated carbocycles. The summed E-state index contributed by atoms with van der Waals surface area (Å²) < 4.78 is 14.8. The molecule has 2 aromatic carbocycles. The van der Waals surface area contributed by atoms with E-state index >= 15 is 0 Å². The van der Waals surface area contributed by atoms with Crippen LogP contribution in [-0.2, 0) is 13.5 Å². The largest absolute Gasteiger partial charge is 0.306 e. The van der Waals surface area contributed by atoms with Gasteiger partial charge in [-0.05, 0) is 77.7 Å². The summed E-state index contributed by atoms with van der Waals surface area (Å²) in [5.41, 5.74) is 6.22. The summed E-state index contributed by atoms with van der Waals surface area (Å²) >= 11 is 0. The number of carbonyl (C=O) groups is 1. The number of hydrogen-bond acceptors (Lipinski definition) is 3. The molecule has 3 heterocycles. The number of carbonyl (C=O) groups excluding carboxylic acids is 1. The Kier molecular flexibility index (Phi) is 4.39. The van der Waals surface area contributed by atoms with Crippen molar-refractivity contribution in [3.05, 3.63) is 90.1 Å². The molecule has 0 spiro atoms. The molecular formula is C24H19FN4O. The van der Waals surface area contributed by atoms with Gasteiger partial charge >= 0.3 is 0 Å². The molecule has 30 heavy (non-hydrogen) atoms. The maximum absolute atomic E-state index is 13.3. The lowest BCUT2D eigenvalue weighted by atomic mass is 10.0. The van der Waals surface area contributed by atoms with Crippen molar-refractivity contribution in [3.8, 4) is 22.4 Å². The van der Waals surface area contributed by atoms with E-state index in [0.717, 1.165) is 34.4 Å². The number of amides is 1. The van der Waals surface area contributed by atoms with Crippen molar-refractivity contribution in [2.75, 3.05) is 11.4 Å². The van der Waals surface area contributed by atoms with Crippen LogP contribution in [0.1, 0.15) is 16.1 Å². The lowest BCUT2D eigenvalue weighted by Gasteiger charge is -2.17. The number of hydrogen-bond donors (Lipinski definition) is 0. The van der Waals surface area contributed by atoms with Gasteiger partial charge in [0.2, 0.25) is 0 Å². The summed E-state index contributed by atoms with van der Waals surface area (Å²) in [7, 11) is 1.75. The van der Waals surface area contributed by atoms with Crippen molar-refractivity contribution in [1.82, 2.24) is 14.8 Å². The van der Waals surface area contributed by atoms with Gasteiger partial charge in [-0.25, -0.2) is 4.39 Å². The molecule has 0 saturated heterocycles. The molecule has 4 aromatic rings. The average Bonchev–Trinajstić information content (AvgIpc) is 3.37. The molecule has 1 amide bonds. The maximum Gasteiger partial charge on any atom is 0.276 e. The number of benzene rings is 2. The molecule has 148 valence electrons. The third-order valence-electron chi connectivity index (χ3n) is 5.47. The number of halogens is 1. The zero-order valence-corrected chi connectivity index (χ0v) is 16.4. The Morgan fingerprint density at radius 2 is 1.67 bits per heavy atom.